The summed E-state index contributed by atoms with van der Waals surface area (Å²) in [6.07, 6.45) is 1.87. The van der Waals surface area contributed by atoms with Crippen molar-refractivity contribution in [2.45, 2.75) is 18.3 Å². The Morgan fingerprint density at radius 2 is 1.74 bits per heavy atom. The van der Waals surface area contributed by atoms with Crippen molar-refractivity contribution in [3.8, 4) is 0 Å². The Kier molecular flexibility index (Phi) is 7.58. The van der Waals surface area contributed by atoms with Crippen molar-refractivity contribution in [2.75, 3.05) is 25.5 Å². The standard InChI is InChI=1S/C20H23FN4O.HI/c1-22-19(23-13-18(26)25-15-7-3-2-4-8-15)24-14-20(11-12-20)16-9-5-6-10-17(16)21;/h2-10H,11-14H2,1H3,(H,25,26)(H2,22,23,24);1H. The maximum atomic E-state index is 14.1. The molecule has 2 aromatic rings. The first-order chi connectivity index (χ1) is 12.6. The van der Waals surface area contributed by atoms with E-state index in [0.29, 0.717) is 12.5 Å². The summed E-state index contributed by atoms with van der Waals surface area (Å²) in [5.41, 5.74) is 1.30. The van der Waals surface area contributed by atoms with Crippen LogP contribution >= 0.6 is 24.0 Å². The van der Waals surface area contributed by atoms with Crippen LogP contribution < -0.4 is 16.0 Å². The van der Waals surface area contributed by atoms with Crippen molar-refractivity contribution in [1.82, 2.24) is 10.6 Å². The fourth-order valence-corrected chi connectivity index (χ4v) is 2.95. The molecule has 0 heterocycles. The van der Waals surface area contributed by atoms with E-state index in [0.717, 1.165) is 24.1 Å². The van der Waals surface area contributed by atoms with Crippen LogP contribution in [-0.2, 0) is 10.2 Å². The van der Waals surface area contributed by atoms with Gasteiger partial charge < -0.3 is 16.0 Å². The number of nitrogens with zero attached hydrogens (tertiary/aromatic N) is 1. The van der Waals surface area contributed by atoms with Crippen LogP contribution in [0.5, 0.6) is 0 Å². The van der Waals surface area contributed by atoms with Crippen LogP contribution in [0.4, 0.5) is 10.1 Å². The van der Waals surface area contributed by atoms with Crippen LogP contribution in [0.3, 0.4) is 0 Å². The first kappa shape index (κ1) is 21.1. The normalized spacial score (nSPS) is 14.7. The Morgan fingerprint density at radius 3 is 2.37 bits per heavy atom. The lowest BCUT2D eigenvalue weighted by molar-refractivity contribution is -0.115. The molecule has 3 N–H and O–H groups in total. The first-order valence-electron chi connectivity index (χ1n) is 8.67. The summed E-state index contributed by atoms with van der Waals surface area (Å²) in [7, 11) is 1.65. The number of hydrogen-bond donors (Lipinski definition) is 3. The van der Waals surface area contributed by atoms with Crippen LogP contribution in [0.1, 0.15) is 18.4 Å². The van der Waals surface area contributed by atoms with Gasteiger partial charge in [0.15, 0.2) is 5.96 Å². The van der Waals surface area contributed by atoms with Crippen molar-refractivity contribution in [3.63, 3.8) is 0 Å². The van der Waals surface area contributed by atoms with Gasteiger partial charge in [0.2, 0.25) is 5.91 Å². The topological polar surface area (TPSA) is 65.5 Å². The number of guanidine groups is 1. The highest BCUT2D eigenvalue weighted by atomic mass is 127. The molecule has 7 heteroatoms. The van der Waals surface area contributed by atoms with Gasteiger partial charge in [-0.1, -0.05) is 36.4 Å². The number of para-hydroxylation sites is 1. The molecular weight excluding hydrogens is 458 g/mol. The number of carbonyl (C=O) groups excluding carboxylic acids is 1. The van der Waals surface area contributed by atoms with Crippen molar-refractivity contribution in [2.24, 2.45) is 4.99 Å². The minimum atomic E-state index is -0.185. The zero-order valence-electron chi connectivity index (χ0n) is 15.2. The number of aliphatic imine (C=N–C) groups is 1. The van der Waals surface area contributed by atoms with E-state index < -0.39 is 0 Å². The van der Waals surface area contributed by atoms with Crippen LogP contribution in [-0.4, -0.2) is 32.0 Å². The van der Waals surface area contributed by atoms with Gasteiger partial charge in [0.1, 0.15) is 5.82 Å². The van der Waals surface area contributed by atoms with E-state index in [2.05, 4.69) is 20.9 Å². The van der Waals surface area contributed by atoms with Gasteiger partial charge in [-0.2, -0.15) is 0 Å². The van der Waals surface area contributed by atoms with Crippen molar-refractivity contribution < 1.29 is 9.18 Å². The lowest BCUT2D eigenvalue weighted by Crippen LogP contribution is -2.44. The molecule has 1 amide bonds. The zero-order chi connectivity index (χ0) is 18.4. The van der Waals surface area contributed by atoms with E-state index in [9.17, 15) is 9.18 Å². The maximum Gasteiger partial charge on any atom is 0.243 e. The number of benzene rings is 2. The predicted octanol–water partition coefficient (Wildman–Crippen LogP) is 3.28. The number of rotatable bonds is 6. The molecule has 2 aromatic carbocycles. The molecule has 0 atom stereocenters. The van der Waals surface area contributed by atoms with Gasteiger partial charge in [-0.15, -0.1) is 24.0 Å². The average Bonchev–Trinajstić information content (AvgIpc) is 3.44. The maximum absolute atomic E-state index is 14.1. The van der Waals surface area contributed by atoms with Crippen LogP contribution in [0, 0.1) is 5.82 Å². The SMILES string of the molecule is CN=C(NCC(=O)Nc1ccccc1)NCC1(c2ccccc2F)CC1.I. The molecule has 1 saturated carbocycles. The molecule has 3 rings (SSSR count). The Bertz CT molecular complexity index is 794. The van der Waals surface area contributed by atoms with Gasteiger partial charge in [-0.05, 0) is 36.6 Å². The fraction of sp³-hybridized carbons (Fsp3) is 0.300. The third kappa shape index (κ3) is 5.66. The second-order valence-electron chi connectivity index (χ2n) is 6.45. The zero-order valence-corrected chi connectivity index (χ0v) is 17.5. The summed E-state index contributed by atoms with van der Waals surface area (Å²) in [4.78, 5) is 16.1. The Balaban J connectivity index is 0.00000261. The highest BCUT2D eigenvalue weighted by molar-refractivity contribution is 14.0. The second kappa shape index (κ2) is 9.68. The molecule has 1 aliphatic rings. The summed E-state index contributed by atoms with van der Waals surface area (Å²) in [5.74, 6) is 0.196. The summed E-state index contributed by atoms with van der Waals surface area (Å²) >= 11 is 0. The van der Waals surface area contributed by atoms with Gasteiger partial charge in [0, 0.05) is 24.7 Å². The van der Waals surface area contributed by atoms with Gasteiger partial charge in [-0.3, -0.25) is 9.79 Å². The van der Waals surface area contributed by atoms with Crippen molar-refractivity contribution in [3.05, 3.63) is 66.0 Å². The molecular formula is C20H24FIN4O. The van der Waals surface area contributed by atoms with E-state index >= 15 is 0 Å². The Hall–Kier alpha value is -2.16. The Morgan fingerprint density at radius 1 is 1.07 bits per heavy atom. The number of amides is 1. The van der Waals surface area contributed by atoms with Gasteiger partial charge in [0.25, 0.3) is 0 Å². The molecule has 1 fully saturated rings. The third-order valence-electron chi connectivity index (χ3n) is 4.59. The lowest BCUT2D eigenvalue weighted by atomic mass is 9.95. The van der Waals surface area contributed by atoms with Crippen molar-refractivity contribution in [1.29, 1.82) is 0 Å². The molecule has 5 nitrogen and oxygen atoms in total. The van der Waals surface area contributed by atoms with Crippen LogP contribution in [0.2, 0.25) is 0 Å². The van der Waals surface area contributed by atoms with E-state index in [1.807, 2.05) is 42.5 Å². The fourth-order valence-electron chi connectivity index (χ4n) is 2.95. The highest BCUT2D eigenvalue weighted by Crippen LogP contribution is 2.48. The smallest absolute Gasteiger partial charge is 0.243 e. The van der Waals surface area contributed by atoms with E-state index in [1.54, 1.807) is 13.1 Å². The first-order valence-corrected chi connectivity index (χ1v) is 8.67. The van der Waals surface area contributed by atoms with E-state index in [1.165, 1.54) is 6.07 Å². The van der Waals surface area contributed by atoms with Crippen LogP contribution in [0.25, 0.3) is 0 Å². The van der Waals surface area contributed by atoms with E-state index in [-0.39, 0.29) is 47.7 Å². The minimum Gasteiger partial charge on any atom is -0.356 e. The van der Waals surface area contributed by atoms with Gasteiger partial charge in [0.05, 0.1) is 6.54 Å². The number of nitrogens with one attached hydrogen (secondary N) is 3. The molecule has 0 spiro atoms. The molecule has 0 aromatic heterocycles. The van der Waals surface area contributed by atoms with Gasteiger partial charge in [-0.25, -0.2) is 4.39 Å². The average molecular weight is 482 g/mol. The highest BCUT2D eigenvalue weighted by Gasteiger charge is 2.45. The van der Waals surface area contributed by atoms with Gasteiger partial charge >= 0.3 is 0 Å². The molecule has 0 saturated heterocycles. The number of anilines is 1. The Labute approximate surface area is 175 Å². The lowest BCUT2D eigenvalue weighted by Gasteiger charge is -2.19. The van der Waals surface area contributed by atoms with Crippen molar-refractivity contribution >= 4 is 41.5 Å². The predicted molar refractivity (Wildman–Crippen MR) is 117 cm³/mol. The summed E-state index contributed by atoms with van der Waals surface area (Å²) in [6, 6.07) is 16.2. The van der Waals surface area contributed by atoms with Crippen LogP contribution in [0.15, 0.2) is 59.6 Å². The largest absolute Gasteiger partial charge is 0.356 e. The molecule has 1 aliphatic carbocycles. The number of hydrogen-bond acceptors (Lipinski definition) is 2. The quantitative estimate of drug-likeness (QED) is 0.337. The molecule has 0 radical (unpaired) electrons. The minimum absolute atomic E-state index is 0. The molecule has 0 unspecified atom stereocenters. The third-order valence-corrected chi connectivity index (χ3v) is 4.59. The molecule has 0 aliphatic heterocycles. The monoisotopic (exact) mass is 482 g/mol. The molecule has 144 valence electrons. The summed E-state index contributed by atoms with van der Waals surface area (Å²) in [6.45, 7) is 0.676. The summed E-state index contributed by atoms with van der Waals surface area (Å²) < 4.78 is 14.1. The number of carbonyl (C=O) groups is 1. The number of halogens is 2. The molecule has 27 heavy (non-hydrogen) atoms. The second-order valence-corrected chi connectivity index (χ2v) is 6.45. The summed E-state index contributed by atoms with van der Waals surface area (Å²) in [5, 5.41) is 9.00. The van der Waals surface area contributed by atoms with E-state index in [4.69, 9.17) is 0 Å². The molecule has 0 bridgehead atoms.